The minimum Gasteiger partial charge on any atom is -0.334 e. The van der Waals surface area contributed by atoms with Gasteiger partial charge in [0.15, 0.2) is 0 Å². The van der Waals surface area contributed by atoms with Crippen LogP contribution in [0.3, 0.4) is 0 Å². The Balaban J connectivity index is 1.79. The van der Waals surface area contributed by atoms with E-state index in [1.165, 1.54) is 24.3 Å². The Hall–Kier alpha value is -2.06. The van der Waals surface area contributed by atoms with Crippen molar-refractivity contribution in [2.45, 2.75) is 12.5 Å². The molecule has 4 nitrogen and oxygen atoms in total. The average Bonchev–Trinajstić information content (AvgIpc) is 2.80. The molecule has 0 saturated carbocycles. The summed E-state index contributed by atoms with van der Waals surface area (Å²) in [6.07, 6.45) is 6.13. The summed E-state index contributed by atoms with van der Waals surface area (Å²) in [4.78, 5) is 13.9. The van der Waals surface area contributed by atoms with Crippen LogP contribution in [0.4, 0.5) is 14.9 Å². The molecule has 1 saturated heterocycles. The molecule has 0 bridgehead atoms. The van der Waals surface area contributed by atoms with Crippen LogP contribution in [0.2, 0.25) is 0 Å². The summed E-state index contributed by atoms with van der Waals surface area (Å²) in [7, 11) is 0. The van der Waals surface area contributed by atoms with E-state index in [1.54, 1.807) is 0 Å². The van der Waals surface area contributed by atoms with E-state index in [0.29, 0.717) is 12.2 Å². The number of hydrogen-bond acceptors (Lipinski definition) is 2. The quantitative estimate of drug-likeness (QED) is 0.813. The van der Waals surface area contributed by atoms with E-state index in [-0.39, 0.29) is 17.9 Å². The van der Waals surface area contributed by atoms with Gasteiger partial charge in [-0.2, -0.15) is 0 Å². The highest BCUT2D eigenvalue weighted by atomic mass is 19.1. The molecule has 1 atom stereocenters. The first kappa shape index (κ1) is 13.4. The highest BCUT2D eigenvalue weighted by Crippen LogP contribution is 2.10. The van der Waals surface area contributed by atoms with Gasteiger partial charge in [0.1, 0.15) is 5.82 Å². The fourth-order valence-electron chi connectivity index (χ4n) is 2.11. The number of hydrogen-bond donors (Lipinski definition) is 2. The zero-order chi connectivity index (χ0) is 13.7. The van der Waals surface area contributed by atoms with Gasteiger partial charge >= 0.3 is 6.03 Å². The molecule has 0 unspecified atom stereocenters. The number of amides is 2. The molecule has 0 radical (unpaired) electrons. The Kier molecular flexibility index (Phi) is 4.37. The number of carbonyl (C=O) groups excluding carboxylic acids is 1. The van der Waals surface area contributed by atoms with Crippen LogP contribution in [-0.4, -0.2) is 36.6 Å². The number of urea groups is 1. The second-order valence-corrected chi connectivity index (χ2v) is 4.53. The van der Waals surface area contributed by atoms with Gasteiger partial charge in [0.25, 0.3) is 0 Å². The normalized spacial score (nSPS) is 18.8. The zero-order valence-corrected chi connectivity index (χ0v) is 10.5. The monoisotopic (exact) mass is 261 g/mol. The van der Waals surface area contributed by atoms with Gasteiger partial charge in [-0.15, -0.1) is 6.42 Å². The molecule has 2 amide bonds. The molecular formula is C14H16FN3O. The van der Waals surface area contributed by atoms with E-state index >= 15 is 0 Å². The SMILES string of the molecule is C#CCN1CC[C@@H](NC(=O)Nc2ccc(F)cc2)C1. The van der Waals surface area contributed by atoms with Gasteiger partial charge in [0.2, 0.25) is 0 Å². The Labute approximate surface area is 112 Å². The molecule has 2 N–H and O–H groups in total. The van der Waals surface area contributed by atoms with E-state index in [2.05, 4.69) is 21.5 Å². The Bertz CT molecular complexity index is 480. The van der Waals surface area contributed by atoms with Crippen molar-refractivity contribution in [2.75, 3.05) is 25.0 Å². The molecule has 1 aromatic rings. The first-order valence-corrected chi connectivity index (χ1v) is 6.16. The minimum absolute atomic E-state index is 0.105. The number of terminal acetylenes is 1. The van der Waals surface area contributed by atoms with Crippen molar-refractivity contribution >= 4 is 11.7 Å². The molecule has 1 heterocycles. The number of benzene rings is 1. The second-order valence-electron chi connectivity index (χ2n) is 4.53. The van der Waals surface area contributed by atoms with E-state index in [9.17, 15) is 9.18 Å². The number of likely N-dealkylation sites (tertiary alicyclic amines) is 1. The summed E-state index contributed by atoms with van der Waals surface area (Å²) in [6.45, 7) is 2.27. The fraction of sp³-hybridized carbons (Fsp3) is 0.357. The third-order valence-corrected chi connectivity index (χ3v) is 3.02. The van der Waals surface area contributed by atoms with E-state index in [1.807, 2.05) is 0 Å². The molecule has 1 aliphatic heterocycles. The van der Waals surface area contributed by atoms with Gasteiger partial charge in [-0.25, -0.2) is 9.18 Å². The second kappa shape index (κ2) is 6.21. The summed E-state index contributed by atoms with van der Waals surface area (Å²) in [5.74, 6) is 2.26. The first-order valence-electron chi connectivity index (χ1n) is 6.16. The van der Waals surface area contributed by atoms with Crippen LogP contribution < -0.4 is 10.6 Å². The van der Waals surface area contributed by atoms with Crippen LogP contribution in [0.1, 0.15) is 6.42 Å². The number of rotatable bonds is 3. The van der Waals surface area contributed by atoms with Crippen molar-refractivity contribution in [3.63, 3.8) is 0 Å². The average molecular weight is 261 g/mol. The van der Waals surface area contributed by atoms with Gasteiger partial charge in [-0.05, 0) is 30.7 Å². The molecule has 0 aromatic heterocycles. The topological polar surface area (TPSA) is 44.4 Å². The molecule has 1 aromatic carbocycles. The third kappa shape index (κ3) is 3.97. The lowest BCUT2D eigenvalue weighted by Gasteiger charge is -2.14. The summed E-state index contributed by atoms with van der Waals surface area (Å²) < 4.78 is 12.7. The maximum Gasteiger partial charge on any atom is 0.319 e. The Morgan fingerprint density at radius 3 is 2.89 bits per heavy atom. The van der Waals surface area contributed by atoms with Crippen molar-refractivity contribution < 1.29 is 9.18 Å². The van der Waals surface area contributed by atoms with E-state index < -0.39 is 0 Å². The summed E-state index contributed by atoms with van der Waals surface area (Å²) >= 11 is 0. The van der Waals surface area contributed by atoms with Gasteiger partial charge in [-0.1, -0.05) is 5.92 Å². The maximum atomic E-state index is 12.7. The third-order valence-electron chi connectivity index (χ3n) is 3.02. The highest BCUT2D eigenvalue weighted by Gasteiger charge is 2.22. The van der Waals surface area contributed by atoms with Gasteiger partial charge < -0.3 is 10.6 Å². The van der Waals surface area contributed by atoms with Crippen LogP contribution in [0.15, 0.2) is 24.3 Å². The standard InChI is InChI=1S/C14H16FN3O/c1-2-8-18-9-7-13(10-18)17-14(19)16-12-5-3-11(15)4-6-12/h1,3-6,13H,7-10H2,(H2,16,17,19)/t13-/m1/s1. The lowest BCUT2D eigenvalue weighted by atomic mass is 10.3. The zero-order valence-electron chi connectivity index (χ0n) is 10.5. The summed E-state index contributed by atoms with van der Waals surface area (Å²) in [5, 5.41) is 5.54. The molecule has 5 heteroatoms. The van der Waals surface area contributed by atoms with Crippen LogP contribution >= 0.6 is 0 Å². The number of nitrogens with one attached hydrogen (secondary N) is 2. The highest BCUT2D eigenvalue weighted by molar-refractivity contribution is 5.89. The maximum absolute atomic E-state index is 12.7. The molecule has 100 valence electrons. The van der Waals surface area contributed by atoms with Crippen LogP contribution in [-0.2, 0) is 0 Å². The first-order chi connectivity index (χ1) is 9.17. The van der Waals surface area contributed by atoms with Crippen LogP contribution in [0.25, 0.3) is 0 Å². The van der Waals surface area contributed by atoms with Crippen LogP contribution in [0, 0.1) is 18.2 Å². The molecule has 2 rings (SSSR count). The van der Waals surface area contributed by atoms with Gasteiger partial charge in [0, 0.05) is 24.8 Å². The van der Waals surface area contributed by atoms with Crippen molar-refractivity contribution in [3.8, 4) is 12.3 Å². The summed E-state index contributed by atoms with van der Waals surface area (Å²) in [5.41, 5.74) is 0.567. The van der Waals surface area contributed by atoms with Crippen molar-refractivity contribution in [1.29, 1.82) is 0 Å². The van der Waals surface area contributed by atoms with Crippen LogP contribution in [0.5, 0.6) is 0 Å². The number of nitrogens with zero attached hydrogens (tertiary/aromatic N) is 1. The molecular weight excluding hydrogens is 245 g/mol. The lowest BCUT2D eigenvalue weighted by Crippen LogP contribution is -2.39. The number of carbonyl (C=O) groups is 1. The molecule has 0 aliphatic carbocycles. The minimum atomic E-state index is -0.327. The Morgan fingerprint density at radius 2 is 2.21 bits per heavy atom. The molecule has 1 fully saturated rings. The molecule has 1 aliphatic rings. The van der Waals surface area contributed by atoms with Crippen molar-refractivity contribution in [2.24, 2.45) is 0 Å². The van der Waals surface area contributed by atoms with Crippen molar-refractivity contribution in [1.82, 2.24) is 10.2 Å². The number of anilines is 1. The lowest BCUT2D eigenvalue weighted by molar-refractivity contribution is 0.248. The van der Waals surface area contributed by atoms with Crippen molar-refractivity contribution in [3.05, 3.63) is 30.1 Å². The number of halogens is 1. The van der Waals surface area contributed by atoms with E-state index in [0.717, 1.165) is 19.5 Å². The summed E-state index contributed by atoms with van der Waals surface area (Å²) in [6, 6.07) is 5.48. The van der Waals surface area contributed by atoms with E-state index in [4.69, 9.17) is 6.42 Å². The smallest absolute Gasteiger partial charge is 0.319 e. The largest absolute Gasteiger partial charge is 0.334 e. The fourth-order valence-corrected chi connectivity index (χ4v) is 2.11. The predicted molar refractivity (Wildman–Crippen MR) is 72.2 cm³/mol. The van der Waals surface area contributed by atoms with Gasteiger partial charge in [-0.3, -0.25) is 4.90 Å². The predicted octanol–water partition coefficient (Wildman–Crippen LogP) is 1.65. The molecule has 0 spiro atoms. The van der Waals surface area contributed by atoms with Gasteiger partial charge in [0.05, 0.1) is 6.54 Å². The molecule has 19 heavy (non-hydrogen) atoms. The Morgan fingerprint density at radius 1 is 1.47 bits per heavy atom.